The van der Waals surface area contributed by atoms with Gasteiger partial charge in [0.25, 0.3) is 5.69 Å². The van der Waals surface area contributed by atoms with Crippen LogP contribution in [0.2, 0.25) is 0 Å². The Kier molecular flexibility index (Phi) is 5.25. The first kappa shape index (κ1) is 16.9. The van der Waals surface area contributed by atoms with E-state index in [9.17, 15) is 19.7 Å². The SMILES string of the molecule is CCC(C)(NC(=O)Nc1cc([N+](=O)[O-])ccc1Br)C(=O)O. The van der Waals surface area contributed by atoms with Crippen molar-refractivity contribution in [3.8, 4) is 0 Å². The summed E-state index contributed by atoms with van der Waals surface area (Å²) in [5.41, 5.74) is -1.44. The van der Waals surface area contributed by atoms with Crippen LogP contribution in [0.5, 0.6) is 0 Å². The molecule has 0 spiro atoms. The number of carbonyl (C=O) groups excluding carboxylic acids is 1. The Balaban J connectivity index is 2.91. The van der Waals surface area contributed by atoms with E-state index in [-0.39, 0.29) is 17.8 Å². The molecule has 0 fully saturated rings. The molecular weight excluding hydrogens is 346 g/mol. The van der Waals surface area contributed by atoms with E-state index in [0.29, 0.717) is 4.47 Å². The van der Waals surface area contributed by atoms with Gasteiger partial charge in [0.05, 0.1) is 10.6 Å². The number of carboxylic acid groups (broad SMARTS) is 1. The standard InChI is InChI=1S/C12H14BrN3O5/c1-3-12(2,10(17)18)15-11(19)14-9-6-7(16(20)21)4-5-8(9)13/h4-6H,3H2,1-2H3,(H,17,18)(H2,14,15,19). The Labute approximate surface area is 128 Å². The number of halogens is 1. The maximum atomic E-state index is 11.8. The van der Waals surface area contributed by atoms with E-state index in [2.05, 4.69) is 26.6 Å². The van der Waals surface area contributed by atoms with Crippen LogP contribution in [0.1, 0.15) is 20.3 Å². The summed E-state index contributed by atoms with van der Waals surface area (Å²) in [6, 6.07) is 3.11. The fraction of sp³-hybridized carbons (Fsp3) is 0.333. The van der Waals surface area contributed by atoms with E-state index >= 15 is 0 Å². The molecule has 0 aliphatic heterocycles. The second-order valence-electron chi connectivity index (χ2n) is 4.49. The summed E-state index contributed by atoms with van der Waals surface area (Å²) in [6.07, 6.45) is 0.186. The van der Waals surface area contributed by atoms with E-state index in [4.69, 9.17) is 5.11 Å². The number of non-ortho nitro benzene ring substituents is 1. The van der Waals surface area contributed by atoms with Crippen molar-refractivity contribution in [2.45, 2.75) is 25.8 Å². The molecule has 0 radical (unpaired) electrons. The van der Waals surface area contributed by atoms with Crippen molar-refractivity contribution in [1.82, 2.24) is 5.32 Å². The number of anilines is 1. The first-order valence-electron chi connectivity index (χ1n) is 5.96. The maximum absolute atomic E-state index is 11.8. The van der Waals surface area contributed by atoms with E-state index in [1.54, 1.807) is 6.92 Å². The van der Waals surface area contributed by atoms with Crippen LogP contribution >= 0.6 is 15.9 Å². The van der Waals surface area contributed by atoms with Crippen molar-refractivity contribution >= 4 is 39.3 Å². The van der Waals surface area contributed by atoms with Gasteiger partial charge in [-0.25, -0.2) is 9.59 Å². The van der Waals surface area contributed by atoms with Gasteiger partial charge in [0, 0.05) is 16.6 Å². The number of aliphatic carboxylic acids is 1. The lowest BCUT2D eigenvalue weighted by Crippen LogP contribution is -2.53. The molecule has 9 heteroatoms. The Morgan fingerprint density at radius 3 is 2.57 bits per heavy atom. The average Bonchev–Trinajstić information content (AvgIpc) is 2.40. The number of urea groups is 1. The minimum absolute atomic E-state index is 0.172. The predicted molar refractivity (Wildman–Crippen MR) is 79.3 cm³/mol. The van der Waals surface area contributed by atoms with Crippen molar-refractivity contribution in [2.75, 3.05) is 5.32 Å². The van der Waals surface area contributed by atoms with Gasteiger partial charge in [-0.2, -0.15) is 0 Å². The highest BCUT2D eigenvalue weighted by molar-refractivity contribution is 9.10. The zero-order valence-corrected chi connectivity index (χ0v) is 12.9. The lowest BCUT2D eigenvalue weighted by Gasteiger charge is -2.24. The van der Waals surface area contributed by atoms with Gasteiger partial charge in [0.15, 0.2) is 0 Å². The molecule has 0 heterocycles. The summed E-state index contributed by atoms with van der Waals surface area (Å²) in [7, 11) is 0. The Hall–Kier alpha value is -2.16. The van der Waals surface area contributed by atoms with Crippen LogP contribution in [0.3, 0.4) is 0 Å². The second kappa shape index (κ2) is 6.53. The molecule has 1 rings (SSSR count). The summed E-state index contributed by atoms with van der Waals surface area (Å²) in [4.78, 5) is 33.1. The molecule has 3 N–H and O–H groups in total. The van der Waals surface area contributed by atoms with E-state index in [0.717, 1.165) is 0 Å². The van der Waals surface area contributed by atoms with Crippen LogP contribution in [0, 0.1) is 10.1 Å². The van der Waals surface area contributed by atoms with Crippen molar-refractivity contribution < 1.29 is 19.6 Å². The topological polar surface area (TPSA) is 122 Å². The molecule has 0 saturated heterocycles. The fourth-order valence-electron chi connectivity index (χ4n) is 1.42. The molecular formula is C12H14BrN3O5. The largest absolute Gasteiger partial charge is 0.480 e. The van der Waals surface area contributed by atoms with E-state index < -0.39 is 22.5 Å². The molecule has 0 aliphatic carbocycles. The molecule has 114 valence electrons. The number of nitro groups is 1. The van der Waals surface area contributed by atoms with Gasteiger partial charge in [-0.3, -0.25) is 10.1 Å². The predicted octanol–water partition coefficient (Wildman–Crippen LogP) is 2.73. The smallest absolute Gasteiger partial charge is 0.329 e. The number of nitrogens with zero attached hydrogens (tertiary/aromatic N) is 1. The summed E-state index contributed by atoms with van der Waals surface area (Å²) in [6.45, 7) is 3.00. The number of benzene rings is 1. The number of hydrogen-bond acceptors (Lipinski definition) is 4. The van der Waals surface area contributed by atoms with Gasteiger partial charge < -0.3 is 15.7 Å². The molecule has 1 aromatic carbocycles. The minimum atomic E-state index is -1.42. The van der Waals surface area contributed by atoms with Crippen LogP contribution in [0.15, 0.2) is 22.7 Å². The molecule has 1 unspecified atom stereocenters. The summed E-state index contributed by atoms with van der Waals surface area (Å²) < 4.78 is 0.441. The third-order valence-electron chi connectivity index (χ3n) is 2.98. The highest BCUT2D eigenvalue weighted by Gasteiger charge is 2.32. The van der Waals surface area contributed by atoms with Crippen molar-refractivity contribution in [3.05, 3.63) is 32.8 Å². The monoisotopic (exact) mass is 359 g/mol. The highest BCUT2D eigenvalue weighted by atomic mass is 79.9. The van der Waals surface area contributed by atoms with Gasteiger partial charge in [0.2, 0.25) is 0 Å². The van der Waals surface area contributed by atoms with Gasteiger partial charge >= 0.3 is 12.0 Å². The molecule has 21 heavy (non-hydrogen) atoms. The maximum Gasteiger partial charge on any atom is 0.329 e. The molecule has 8 nitrogen and oxygen atoms in total. The van der Waals surface area contributed by atoms with Gasteiger partial charge in [0.1, 0.15) is 5.54 Å². The third kappa shape index (κ3) is 4.15. The quantitative estimate of drug-likeness (QED) is 0.551. The Bertz CT molecular complexity index is 592. The lowest BCUT2D eigenvalue weighted by atomic mass is 10.00. The number of nitrogens with one attached hydrogen (secondary N) is 2. The molecule has 0 bridgehead atoms. The summed E-state index contributed by atoms with van der Waals surface area (Å²) in [5, 5.41) is 24.5. The number of carboxylic acids is 1. The molecule has 0 aliphatic rings. The van der Waals surface area contributed by atoms with Crippen LogP contribution in [0.4, 0.5) is 16.2 Å². The van der Waals surface area contributed by atoms with Crippen LogP contribution in [-0.2, 0) is 4.79 Å². The average molecular weight is 360 g/mol. The van der Waals surface area contributed by atoms with Gasteiger partial charge in [-0.1, -0.05) is 6.92 Å². The second-order valence-corrected chi connectivity index (χ2v) is 5.35. The normalized spacial score (nSPS) is 13.1. The number of amides is 2. The lowest BCUT2D eigenvalue weighted by molar-refractivity contribution is -0.384. The van der Waals surface area contributed by atoms with Crippen LogP contribution < -0.4 is 10.6 Å². The number of rotatable bonds is 5. The van der Waals surface area contributed by atoms with Gasteiger partial charge in [-0.05, 0) is 35.3 Å². The van der Waals surface area contributed by atoms with Gasteiger partial charge in [-0.15, -0.1) is 0 Å². The first-order chi connectivity index (χ1) is 9.69. The highest BCUT2D eigenvalue weighted by Crippen LogP contribution is 2.27. The number of hydrogen-bond donors (Lipinski definition) is 3. The Morgan fingerprint density at radius 1 is 1.48 bits per heavy atom. The van der Waals surface area contributed by atoms with E-state index in [1.165, 1.54) is 25.1 Å². The fourth-order valence-corrected chi connectivity index (χ4v) is 1.77. The molecule has 0 saturated carbocycles. The van der Waals surface area contributed by atoms with Crippen molar-refractivity contribution in [3.63, 3.8) is 0 Å². The van der Waals surface area contributed by atoms with Crippen LogP contribution in [0.25, 0.3) is 0 Å². The molecule has 1 aromatic rings. The Morgan fingerprint density at radius 2 is 2.10 bits per heavy atom. The number of carbonyl (C=O) groups is 2. The summed E-state index contributed by atoms with van der Waals surface area (Å²) in [5.74, 6) is -1.17. The zero-order chi connectivity index (χ0) is 16.2. The van der Waals surface area contributed by atoms with Crippen molar-refractivity contribution in [1.29, 1.82) is 0 Å². The van der Waals surface area contributed by atoms with E-state index in [1.807, 2.05) is 0 Å². The molecule has 1 atom stereocenters. The molecule has 0 aromatic heterocycles. The first-order valence-corrected chi connectivity index (χ1v) is 6.75. The molecule has 2 amide bonds. The van der Waals surface area contributed by atoms with Crippen LogP contribution in [-0.4, -0.2) is 27.6 Å². The van der Waals surface area contributed by atoms with Crippen molar-refractivity contribution in [2.24, 2.45) is 0 Å². The third-order valence-corrected chi connectivity index (χ3v) is 3.67. The summed E-state index contributed by atoms with van der Waals surface area (Å²) >= 11 is 3.15. The zero-order valence-electron chi connectivity index (χ0n) is 11.3. The number of nitro benzene ring substituents is 1. The minimum Gasteiger partial charge on any atom is -0.480 e.